The lowest BCUT2D eigenvalue weighted by atomic mass is 9.98. The summed E-state index contributed by atoms with van der Waals surface area (Å²) in [6, 6.07) is 26.4. The van der Waals surface area contributed by atoms with Gasteiger partial charge in [0.05, 0.1) is 10.9 Å². The molecule has 4 aromatic carbocycles. The first-order chi connectivity index (χ1) is 18.8. The number of halogens is 1. The second kappa shape index (κ2) is 9.68. The fourth-order valence-electron chi connectivity index (χ4n) is 5.16. The maximum absolute atomic E-state index is 13.9. The number of nitrogens with zero attached hydrogens (tertiary/aromatic N) is 2. The van der Waals surface area contributed by atoms with Crippen molar-refractivity contribution in [3.8, 4) is 11.5 Å². The Morgan fingerprint density at radius 2 is 1.62 bits per heavy atom. The smallest absolute Gasteiger partial charge is 0.323 e. The van der Waals surface area contributed by atoms with E-state index in [1.54, 1.807) is 53.2 Å². The van der Waals surface area contributed by atoms with Crippen LogP contribution in [0, 0.1) is 5.82 Å². The number of benzene rings is 4. The lowest BCUT2D eigenvalue weighted by Crippen LogP contribution is -2.28. The third kappa shape index (κ3) is 4.56. The van der Waals surface area contributed by atoms with Crippen LogP contribution in [0.25, 0.3) is 10.9 Å². The average molecular weight is 543 g/mol. The molecule has 0 spiro atoms. The molecule has 1 N–H and O–H groups in total. The topological polar surface area (TPSA) is 88.8 Å². The Morgan fingerprint density at radius 3 is 2.41 bits per heavy atom. The first-order valence-corrected chi connectivity index (χ1v) is 13.7. The van der Waals surface area contributed by atoms with Gasteiger partial charge in [-0.05, 0) is 59.7 Å². The molecule has 196 valence electrons. The van der Waals surface area contributed by atoms with Crippen molar-refractivity contribution < 1.29 is 27.4 Å². The fourth-order valence-corrected chi connectivity index (χ4v) is 6.96. The maximum Gasteiger partial charge on any atom is 0.323 e. The monoisotopic (exact) mass is 542 g/mol. The van der Waals surface area contributed by atoms with Gasteiger partial charge in [-0.2, -0.15) is 4.31 Å². The van der Waals surface area contributed by atoms with Crippen molar-refractivity contribution in [3.63, 3.8) is 0 Å². The molecule has 7 nitrogen and oxygen atoms in total. The van der Waals surface area contributed by atoms with E-state index in [0.29, 0.717) is 33.7 Å². The summed E-state index contributed by atoms with van der Waals surface area (Å²) in [5.41, 5.74) is 2.75. The summed E-state index contributed by atoms with van der Waals surface area (Å²) in [7, 11) is -3.88. The molecule has 0 bridgehead atoms. The maximum atomic E-state index is 13.9. The van der Waals surface area contributed by atoms with Crippen molar-refractivity contribution in [1.82, 2.24) is 8.87 Å². The number of sulfonamides is 1. The summed E-state index contributed by atoms with van der Waals surface area (Å²) < 4.78 is 50.0. The first kappa shape index (κ1) is 24.8. The minimum Gasteiger partial charge on any atom is -0.480 e. The predicted molar refractivity (Wildman–Crippen MR) is 144 cm³/mol. The van der Waals surface area contributed by atoms with Crippen molar-refractivity contribution in [3.05, 3.63) is 126 Å². The summed E-state index contributed by atoms with van der Waals surface area (Å²) in [5, 5.41) is 10.3. The lowest BCUT2D eigenvalue weighted by molar-refractivity contribution is -0.137. The molecule has 2 heterocycles. The van der Waals surface area contributed by atoms with Crippen LogP contribution in [0.15, 0.2) is 108 Å². The molecule has 0 saturated carbocycles. The largest absolute Gasteiger partial charge is 0.480 e. The van der Waals surface area contributed by atoms with Gasteiger partial charge in [-0.1, -0.05) is 48.5 Å². The van der Waals surface area contributed by atoms with Crippen LogP contribution >= 0.6 is 0 Å². The van der Waals surface area contributed by atoms with Crippen LogP contribution in [0.1, 0.15) is 22.7 Å². The van der Waals surface area contributed by atoms with E-state index in [9.17, 15) is 22.7 Å². The number of hydrogen-bond donors (Lipinski definition) is 1. The van der Waals surface area contributed by atoms with Crippen molar-refractivity contribution in [1.29, 1.82) is 0 Å². The van der Waals surface area contributed by atoms with Gasteiger partial charge in [-0.25, -0.2) is 12.8 Å². The molecule has 0 amide bonds. The molecule has 6 rings (SSSR count). The quantitative estimate of drug-likeness (QED) is 0.275. The molecule has 5 aromatic rings. The molecule has 9 heteroatoms. The molecular formula is C30H23FN2O5S. The first-order valence-electron chi connectivity index (χ1n) is 12.2. The summed E-state index contributed by atoms with van der Waals surface area (Å²) in [6.07, 6.45) is 1.74. The zero-order valence-corrected chi connectivity index (χ0v) is 21.4. The van der Waals surface area contributed by atoms with Crippen LogP contribution in [0.4, 0.5) is 4.39 Å². The summed E-state index contributed by atoms with van der Waals surface area (Å²) in [6.45, 7) is -0.189. The molecule has 1 unspecified atom stereocenters. The van der Waals surface area contributed by atoms with Gasteiger partial charge >= 0.3 is 5.97 Å². The minimum atomic E-state index is -3.88. The van der Waals surface area contributed by atoms with Gasteiger partial charge in [0.1, 0.15) is 23.9 Å². The van der Waals surface area contributed by atoms with Crippen LogP contribution in [0.5, 0.6) is 11.5 Å². The van der Waals surface area contributed by atoms with Crippen LogP contribution in [-0.2, 0) is 27.9 Å². The van der Waals surface area contributed by atoms with Crippen molar-refractivity contribution in [2.45, 2.75) is 24.0 Å². The van der Waals surface area contributed by atoms with Crippen molar-refractivity contribution in [2.24, 2.45) is 0 Å². The van der Waals surface area contributed by atoms with Gasteiger partial charge in [-0.3, -0.25) is 4.79 Å². The number of aliphatic carboxylic acids is 1. The predicted octanol–water partition coefficient (Wildman–Crippen LogP) is 5.95. The normalized spacial score (nSPS) is 16.3. The Hall–Kier alpha value is -4.47. The van der Waals surface area contributed by atoms with Crippen LogP contribution in [0.2, 0.25) is 0 Å². The number of carboxylic acids is 1. The van der Waals surface area contributed by atoms with E-state index >= 15 is 0 Å². The lowest BCUT2D eigenvalue weighted by Gasteiger charge is -2.24. The summed E-state index contributed by atoms with van der Waals surface area (Å²) in [5.74, 6) is -0.413. The zero-order valence-electron chi connectivity index (χ0n) is 20.6. The molecule has 1 atom stereocenters. The molecule has 1 aromatic heterocycles. The second-order valence-corrected chi connectivity index (χ2v) is 11.2. The van der Waals surface area contributed by atoms with Gasteiger partial charge in [-0.15, -0.1) is 0 Å². The molecule has 1 aliphatic rings. The SMILES string of the molecule is O=C(O)Cn1cc(C2c3ccccc3S(=O)(=O)N2Cc2cccc(Oc3ccc(F)cc3)c2)c2ccccc21. The standard InChI is InChI=1S/C30H23FN2O5S/c31-21-12-14-22(15-13-21)38-23-7-5-6-20(16-23)17-33-30(25-9-2-4-11-28(25)39(33,36)37)26-18-32(19-29(34)35)27-10-3-1-8-24(26)27/h1-16,18,30H,17,19H2,(H,34,35). The van der Waals surface area contributed by atoms with Gasteiger partial charge < -0.3 is 14.4 Å². The third-order valence-corrected chi connectivity index (χ3v) is 8.68. The number of ether oxygens (including phenoxy) is 1. The highest BCUT2D eigenvalue weighted by Gasteiger charge is 2.44. The number of carbonyl (C=O) groups is 1. The molecule has 0 saturated heterocycles. The fraction of sp³-hybridized carbons (Fsp3) is 0.100. The Kier molecular flexibility index (Phi) is 6.17. The van der Waals surface area contributed by atoms with Gasteiger partial charge in [0, 0.05) is 29.2 Å². The van der Waals surface area contributed by atoms with Crippen LogP contribution in [0.3, 0.4) is 0 Å². The van der Waals surface area contributed by atoms with Gasteiger partial charge in [0.25, 0.3) is 0 Å². The number of carboxylic acid groups (broad SMARTS) is 1. The van der Waals surface area contributed by atoms with Crippen LogP contribution < -0.4 is 4.74 Å². The zero-order chi connectivity index (χ0) is 27.1. The Labute approximate surface area is 224 Å². The van der Waals surface area contributed by atoms with E-state index in [1.807, 2.05) is 30.3 Å². The van der Waals surface area contributed by atoms with Gasteiger partial charge in [0.15, 0.2) is 0 Å². The van der Waals surface area contributed by atoms with Gasteiger partial charge in [0.2, 0.25) is 10.0 Å². The summed E-state index contributed by atoms with van der Waals surface area (Å²) in [4.78, 5) is 11.8. The Balaban J connectivity index is 1.43. The molecule has 0 fully saturated rings. The van der Waals surface area contributed by atoms with Crippen LogP contribution in [-0.4, -0.2) is 28.4 Å². The van der Waals surface area contributed by atoms with E-state index < -0.39 is 22.0 Å². The molecule has 39 heavy (non-hydrogen) atoms. The van der Waals surface area contributed by atoms with E-state index in [1.165, 1.54) is 28.6 Å². The molecule has 1 aliphatic heterocycles. The summed E-state index contributed by atoms with van der Waals surface area (Å²) >= 11 is 0. The second-order valence-electron chi connectivity index (χ2n) is 9.32. The highest BCUT2D eigenvalue weighted by atomic mass is 32.2. The van der Waals surface area contributed by atoms with E-state index in [4.69, 9.17) is 4.74 Å². The molecular weight excluding hydrogens is 519 g/mol. The number of hydrogen-bond acceptors (Lipinski definition) is 4. The van der Waals surface area contributed by atoms with Crippen molar-refractivity contribution >= 4 is 26.9 Å². The Bertz CT molecular complexity index is 1820. The highest BCUT2D eigenvalue weighted by molar-refractivity contribution is 7.89. The number of rotatable bonds is 7. The Morgan fingerprint density at radius 1 is 0.872 bits per heavy atom. The average Bonchev–Trinajstić information content (AvgIpc) is 3.37. The number of fused-ring (bicyclic) bond motifs is 2. The number of para-hydroxylation sites is 1. The van der Waals surface area contributed by atoms with E-state index in [0.717, 1.165) is 5.39 Å². The van der Waals surface area contributed by atoms with Crippen molar-refractivity contribution in [2.75, 3.05) is 0 Å². The van der Waals surface area contributed by atoms with E-state index in [2.05, 4.69) is 0 Å². The molecule has 0 radical (unpaired) electrons. The van der Waals surface area contributed by atoms with E-state index in [-0.39, 0.29) is 23.8 Å². The minimum absolute atomic E-state index is 0.0563. The third-order valence-electron chi connectivity index (χ3n) is 6.79. The number of aromatic nitrogens is 1. The molecule has 0 aliphatic carbocycles. The highest BCUT2D eigenvalue weighted by Crippen LogP contribution is 2.46.